The average Bonchev–Trinajstić information content (AvgIpc) is 2.60. The molecule has 0 saturated carbocycles. The van der Waals surface area contributed by atoms with Crippen LogP contribution in [0.3, 0.4) is 0 Å². The Kier molecular flexibility index (Phi) is 5.65. The maximum Gasteiger partial charge on any atom is 0.119 e. The van der Waals surface area contributed by atoms with Gasteiger partial charge in [-0.25, -0.2) is 0 Å². The molecule has 3 rings (SSSR count). The van der Waals surface area contributed by atoms with Gasteiger partial charge in [-0.1, -0.05) is 13.0 Å². The summed E-state index contributed by atoms with van der Waals surface area (Å²) in [5.41, 5.74) is 2.12. The third-order valence-corrected chi connectivity index (χ3v) is 4.44. The number of hydrogen-bond acceptors (Lipinski definition) is 3. The third-order valence-electron chi connectivity index (χ3n) is 4.44. The van der Waals surface area contributed by atoms with Crippen LogP contribution in [-0.2, 0) is 0 Å². The number of pyridine rings is 1. The summed E-state index contributed by atoms with van der Waals surface area (Å²) in [6.45, 7) is 6.79. The van der Waals surface area contributed by atoms with Gasteiger partial charge in [0.25, 0.3) is 0 Å². The molecule has 2 heterocycles. The van der Waals surface area contributed by atoms with Gasteiger partial charge in [-0.05, 0) is 68.1 Å². The molecule has 1 aliphatic rings. The van der Waals surface area contributed by atoms with Crippen molar-refractivity contribution in [1.82, 2.24) is 9.88 Å². The molecule has 3 heteroatoms. The van der Waals surface area contributed by atoms with E-state index >= 15 is 0 Å². The van der Waals surface area contributed by atoms with E-state index in [4.69, 9.17) is 4.74 Å². The van der Waals surface area contributed by atoms with Crippen molar-refractivity contribution in [3.8, 4) is 17.0 Å². The van der Waals surface area contributed by atoms with Crippen LogP contribution >= 0.6 is 0 Å². The van der Waals surface area contributed by atoms with Crippen LogP contribution in [0.2, 0.25) is 0 Å². The summed E-state index contributed by atoms with van der Waals surface area (Å²) in [7, 11) is 0. The fourth-order valence-electron chi connectivity index (χ4n) is 3.22. The predicted molar refractivity (Wildman–Crippen MR) is 94.6 cm³/mol. The van der Waals surface area contributed by atoms with Gasteiger partial charge in [-0.2, -0.15) is 0 Å². The van der Waals surface area contributed by atoms with Crippen molar-refractivity contribution in [3.63, 3.8) is 0 Å². The van der Waals surface area contributed by atoms with E-state index in [0.717, 1.165) is 42.5 Å². The lowest BCUT2D eigenvalue weighted by Gasteiger charge is -2.30. The summed E-state index contributed by atoms with van der Waals surface area (Å²) in [6.07, 6.45) is 5.64. The minimum Gasteiger partial charge on any atom is -0.494 e. The molecule has 122 valence electrons. The number of benzene rings is 1. The smallest absolute Gasteiger partial charge is 0.119 e. The van der Waals surface area contributed by atoms with E-state index in [9.17, 15) is 0 Å². The van der Waals surface area contributed by atoms with E-state index in [1.807, 2.05) is 36.5 Å². The summed E-state index contributed by atoms with van der Waals surface area (Å²) >= 11 is 0. The van der Waals surface area contributed by atoms with Crippen LogP contribution in [0, 0.1) is 5.92 Å². The van der Waals surface area contributed by atoms with E-state index in [1.54, 1.807) is 0 Å². The van der Waals surface area contributed by atoms with E-state index in [-0.39, 0.29) is 0 Å². The Morgan fingerprint density at radius 3 is 2.78 bits per heavy atom. The lowest BCUT2D eigenvalue weighted by Crippen LogP contribution is -2.35. The quantitative estimate of drug-likeness (QED) is 0.746. The van der Waals surface area contributed by atoms with Crippen LogP contribution in [0.5, 0.6) is 5.75 Å². The lowest BCUT2D eigenvalue weighted by molar-refractivity contribution is 0.170. The van der Waals surface area contributed by atoms with Gasteiger partial charge >= 0.3 is 0 Å². The molecule has 3 nitrogen and oxygen atoms in total. The van der Waals surface area contributed by atoms with Gasteiger partial charge in [-0.3, -0.25) is 4.98 Å². The van der Waals surface area contributed by atoms with Gasteiger partial charge in [0.2, 0.25) is 0 Å². The molecule has 1 aromatic carbocycles. The molecule has 23 heavy (non-hydrogen) atoms. The molecule has 2 aromatic rings. The Morgan fingerprint density at radius 1 is 1.17 bits per heavy atom. The first-order valence-corrected chi connectivity index (χ1v) is 8.68. The molecule has 0 aliphatic carbocycles. The highest BCUT2D eigenvalue weighted by Gasteiger charge is 2.15. The fourth-order valence-corrected chi connectivity index (χ4v) is 3.22. The van der Waals surface area contributed by atoms with Crippen molar-refractivity contribution in [2.75, 3.05) is 26.2 Å². The lowest BCUT2D eigenvalue weighted by atomic mass is 10.0. The highest BCUT2D eigenvalue weighted by Crippen LogP contribution is 2.20. The zero-order valence-electron chi connectivity index (χ0n) is 13.9. The van der Waals surface area contributed by atoms with Gasteiger partial charge in [0.05, 0.1) is 12.3 Å². The third kappa shape index (κ3) is 4.80. The number of piperidine rings is 1. The van der Waals surface area contributed by atoms with Crippen molar-refractivity contribution in [3.05, 3.63) is 48.7 Å². The normalized spacial score (nSPS) is 18.7. The van der Waals surface area contributed by atoms with E-state index in [0.29, 0.717) is 0 Å². The second-order valence-electron chi connectivity index (χ2n) is 6.49. The van der Waals surface area contributed by atoms with Crippen LogP contribution in [0.1, 0.15) is 26.2 Å². The Balaban J connectivity index is 1.42. The van der Waals surface area contributed by atoms with Crippen LogP contribution < -0.4 is 4.74 Å². The molecule has 1 unspecified atom stereocenters. The number of hydrogen-bond donors (Lipinski definition) is 0. The van der Waals surface area contributed by atoms with Gasteiger partial charge in [0.1, 0.15) is 5.75 Å². The number of ether oxygens (including phenoxy) is 1. The van der Waals surface area contributed by atoms with Crippen LogP contribution in [0.25, 0.3) is 11.3 Å². The summed E-state index contributed by atoms with van der Waals surface area (Å²) in [5, 5.41) is 0. The van der Waals surface area contributed by atoms with Crippen molar-refractivity contribution < 1.29 is 4.74 Å². The number of aromatic nitrogens is 1. The molecule has 1 aromatic heterocycles. The second-order valence-corrected chi connectivity index (χ2v) is 6.49. The predicted octanol–water partition coefficient (Wildman–Crippen LogP) is 4.25. The van der Waals surface area contributed by atoms with Gasteiger partial charge in [0.15, 0.2) is 0 Å². The topological polar surface area (TPSA) is 25.4 Å². The largest absolute Gasteiger partial charge is 0.494 e. The molecule has 0 bridgehead atoms. The molecule has 1 saturated heterocycles. The Labute approximate surface area is 139 Å². The zero-order chi connectivity index (χ0) is 15.9. The molecule has 1 atom stereocenters. The van der Waals surface area contributed by atoms with E-state index < -0.39 is 0 Å². The summed E-state index contributed by atoms with van der Waals surface area (Å²) in [5.74, 6) is 1.79. The Morgan fingerprint density at radius 2 is 2.04 bits per heavy atom. The summed E-state index contributed by atoms with van der Waals surface area (Å²) < 4.78 is 5.87. The maximum atomic E-state index is 5.87. The van der Waals surface area contributed by atoms with Gasteiger partial charge < -0.3 is 9.64 Å². The van der Waals surface area contributed by atoms with Crippen molar-refractivity contribution in [2.45, 2.75) is 26.2 Å². The highest BCUT2D eigenvalue weighted by atomic mass is 16.5. The molecule has 0 amide bonds. The SMILES string of the molecule is CC1CCCN(CCCOc2ccc(-c3ccccn3)cc2)C1. The Bertz CT molecular complexity index is 582. The van der Waals surface area contributed by atoms with Crippen LogP contribution in [0.4, 0.5) is 0 Å². The number of likely N-dealkylation sites (tertiary alicyclic amines) is 1. The van der Waals surface area contributed by atoms with Gasteiger partial charge in [0, 0.05) is 24.8 Å². The number of nitrogens with zero attached hydrogens (tertiary/aromatic N) is 2. The zero-order valence-corrected chi connectivity index (χ0v) is 13.9. The molecule has 0 N–H and O–H groups in total. The van der Waals surface area contributed by atoms with Crippen LogP contribution in [0.15, 0.2) is 48.7 Å². The fraction of sp³-hybridized carbons (Fsp3) is 0.450. The molecule has 1 aliphatic heterocycles. The van der Waals surface area contributed by atoms with Crippen molar-refractivity contribution in [1.29, 1.82) is 0 Å². The van der Waals surface area contributed by atoms with Gasteiger partial charge in [-0.15, -0.1) is 0 Å². The van der Waals surface area contributed by atoms with Crippen molar-refractivity contribution in [2.24, 2.45) is 5.92 Å². The molecule has 0 radical (unpaired) electrons. The summed E-state index contributed by atoms with van der Waals surface area (Å²) in [6, 6.07) is 14.2. The first kappa shape index (κ1) is 16.0. The molecule has 1 fully saturated rings. The highest BCUT2D eigenvalue weighted by molar-refractivity contribution is 5.59. The monoisotopic (exact) mass is 310 g/mol. The standard InChI is InChI=1S/C20H26N2O/c1-17-6-4-13-22(16-17)14-5-15-23-19-10-8-18(9-11-19)20-7-2-3-12-21-20/h2-3,7-12,17H,4-6,13-16H2,1H3. The van der Waals surface area contributed by atoms with Crippen molar-refractivity contribution >= 4 is 0 Å². The Hall–Kier alpha value is -1.87. The maximum absolute atomic E-state index is 5.87. The van der Waals surface area contributed by atoms with E-state index in [2.05, 4.69) is 28.9 Å². The van der Waals surface area contributed by atoms with E-state index in [1.165, 1.54) is 25.9 Å². The average molecular weight is 310 g/mol. The molecule has 0 spiro atoms. The minimum absolute atomic E-state index is 0.786. The van der Waals surface area contributed by atoms with Crippen LogP contribution in [-0.4, -0.2) is 36.1 Å². The second kappa shape index (κ2) is 8.11. The number of rotatable bonds is 6. The first-order chi connectivity index (χ1) is 11.3. The summed E-state index contributed by atoms with van der Waals surface area (Å²) in [4.78, 5) is 6.94. The molecular formula is C20H26N2O. The first-order valence-electron chi connectivity index (χ1n) is 8.68. The molecular weight excluding hydrogens is 284 g/mol. The minimum atomic E-state index is 0.786.